The van der Waals surface area contributed by atoms with E-state index in [1.54, 1.807) is 43.3 Å². The van der Waals surface area contributed by atoms with Gasteiger partial charge in [-0.2, -0.15) is 4.31 Å². The summed E-state index contributed by atoms with van der Waals surface area (Å²) in [6.45, 7) is 1.55. The number of nitrogens with zero attached hydrogens (tertiary/aromatic N) is 1. The largest absolute Gasteiger partial charge is 0.348 e. The molecule has 0 radical (unpaired) electrons. The normalized spacial score (nSPS) is 16.4. The predicted molar refractivity (Wildman–Crippen MR) is 118 cm³/mol. The van der Waals surface area contributed by atoms with E-state index in [1.165, 1.54) is 16.4 Å². The maximum atomic E-state index is 13.4. The molecule has 0 unspecified atom stereocenters. The number of rotatable bonds is 7. The molecule has 1 atom stereocenters. The molecule has 1 fully saturated rings. The van der Waals surface area contributed by atoms with Gasteiger partial charge in [-0.25, -0.2) is 12.8 Å². The van der Waals surface area contributed by atoms with Crippen molar-refractivity contribution in [3.05, 3.63) is 64.4 Å². The van der Waals surface area contributed by atoms with Gasteiger partial charge in [-0.1, -0.05) is 47.3 Å². The first-order chi connectivity index (χ1) is 14.3. The summed E-state index contributed by atoms with van der Waals surface area (Å²) < 4.78 is 42.0. The third-order valence-corrected chi connectivity index (χ3v) is 7.89. The quantitative estimate of drug-likeness (QED) is 0.599. The molecule has 8 heteroatoms. The van der Waals surface area contributed by atoms with Crippen LogP contribution < -0.4 is 5.32 Å². The number of halogens is 2. The molecule has 0 heterocycles. The number of sulfonamides is 1. The maximum absolute atomic E-state index is 13.4. The number of carbonyl (C=O) groups excluding carboxylic acids is 1. The van der Waals surface area contributed by atoms with Crippen molar-refractivity contribution in [1.82, 2.24) is 9.62 Å². The fourth-order valence-electron chi connectivity index (χ4n) is 3.78. The molecule has 30 heavy (non-hydrogen) atoms. The fraction of sp³-hybridized carbons (Fsp3) is 0.409. The zero-order valence-corrected chi connectivity index (χ0v) is 19.3. The molecule has 0 spiro atoms. The summed E-state index contributed by atoms with van der Waals surface area (Å²) in [6.07, 6.45) is 4.47. The zero-order valence-electron chi connectivity index (χ0n) is 16.9. The number of hydrogen-bond donors (Lipinski definition) is 1. The first kappa shape index (κ1) is 22.9. The van der Waals surface area contributed by atoms with Gasteiger partial charge in [0.15, 0.2) is 0 Å². The van der Waals surface area contributed by atoms with E-state index in [1.807, 2.05) is 0 Å². The number of nitrogens with one attached hydrogen (secondary N) is 1. The van der Waals surface area contributed by atoms with Crippen LogP contribution >= 0.6 is 15.9 Å². The summed E-state index contributed by atoms with van der Waals surface area (Å²) in [6, 6.07) is 11.8. The number of amides is 1. The van der Waals surface area contributed by atoms with Gasteiger partial charge in [0.25, 0.3) is 0 Å². The number of carbonyl (C=O) groups is 1. The van der Waals surface area contributed by atoms with Crippen LogP contribution in [-0.4, -0.2) is 31.2 Å². The molecule has 1 amide bonds. The standard InChI is InChI=1S/C22H26BrFN2O3S/c1-16(17-7-11-19(24)12-8-17)25-22(27)15-26(20-5-3-2-4-6-20)30(28,29)21-13-9-18(23)10-14-21/h7-14,16,20H,2-6,15H2,1H3,(H,25,27)/t16-/m1/s1. The van der Waals surface area contributed by atoms with Crippen molar-refractivity contribution in [3.8, 4) is 0 Å². The first-order valence-electron chi connectivity index (χ1n) is 10.1. The van der Waals surface area contributed by atoms with Crippen molar-refractivity contribution in [2.45, 2.75) is 56.0 Å². The molecule has 1 saturated carbocycles. The Kier molecular flexibility index (Phi) is 7.65. The third kappa shape index (κ3) is 5.68. The lowest BCUT2D eigenvalue weighted by molar-refractivity contribution is -0.122. The molecule has 2 aromatic carbocycles. The lowest BCUT2D eigenvalue weighted by Gasteiger charge is -2.33. The summed E-state index contributed by atoms with van der Waals surface area (Å²) >= 11 is 3.32. The van der Waals surface area contributed by atoms with Gasteiger partial charge < -0.3 is 5.32 Å². The van der Waals surface area contributed by atoms with Crippen LogP contribution in [0.25, 0.3) is 0 Å². The Bertz CT molecular complexity index is 959. The molecule has 162 valence electrons. The molecular formula is C22H26BrFN2O3S. The van der Waals surface area contributed by atoms with Crippen molar-refractivity contribution in [2.75, 3.05) is 6.54 Å². The predicted octanol–water partition coefficient (Wildman–Crippen LogP) is 4.79. The van der Waals surface area contributed by atoms with Crippen molar-refractivity contribution in [2.24, 2.45) is 0 Å². The number of hydrogen-bond acceptors (Lipinski definition) is 3. The SMILES string of the molecule is C[C@@H](NC(=O)CN(C1CCCCC1)S(=O)(=O)c1ccc(Br)cc1)c1ccc(F)cc1. The van der Waals surface area contributed by atoms with Crippen LogP contribution in [0.4, 0.5) is 4.39 Å². The topological polar surface area (TPSA) is 66.5 Å². The molecule has 1 aliphatic rings. The smallest absolute Gasteiger partial charge is 0.243 e. The summed E-state index contributed by atoms with van der Waals surface area (Å²) in [4.78, 5) is 13.0. The molecule has 0 aliphatic heterocycles. The van der Waals surface area contributed by atoms with Crippen LogP contribution in [-0.2, 0) is 14.8 Å². The van der Waals surface area contributed by atoms with Crippen molar-refractivity contribution >= 4 is 31.9 Å². The van der Waals surface area contributed by atoms with E-state index in [4.69, 9.17) is 0 Å². The van der Waals surface area contributed by atoms with Gasteiger partial charge in [-0.15, -0.1) is 0 Å². The van der Waals surface area contributed by atoms with Crippen LogP contribution in [0.2, 0.25) is 0 Å². The minimum absolute atomic E-state index is 0.177. The van der Waals surface area contributed by atoms with E-state index >= 15 is 0 Å². The van der Waals surface area contributed by atoms with Crippen molar-refractivity contribution in [3.63, 3.8) is 0 Å². The van der Waals surface area contributed by atoms with Crippen LogP contribution in [0.1, 0.15) is 50.6 Å². The molecule has 0 saturated heterocycles. The van der Waals surface area contributed by atoms with Crippen molar-refractivity contribution in [1.29, 1.82) is 0 Å². The maximum Gasteiger partial charge on any atom is 0.243 e. The zero-order chi connectivity index (χ0) is 21.7. The second-order valence-corrected chi connectivity index (χ2v) is 10.4. The minimum Gasteiger partial charge on any atom is -0.348 e. The van der Waals surface area contributed by atoms with E-state index in [0.717, 1.165) is 42.1 Å². The van der Waals surface area contributed by atoms with E-state index in [-0.39, 0.29) is 35.2 Å². The Morgan fingerprint density at radius 3 is 2.30 bits per heavy atom. The summed E-state index contributed by atoms with van der Waals surface area (Å²) in [7, 11) is -3.82. The Labute approximate surface area is 185 Å². The lowest BCUT2D eigenvalue weighted by Crippen LogP contribution is -2.47. The van der Waals surface area contributed by atoms with Gasteiger partial charge in [0, 0.05) is 10.5 Å². The third-order valence-electron chi connectivity index (χ3n) is 5.45. The molecule has 1 N–H and O–H groups in total. The van der Waals surface area contributed by atoms with Crippen molar-refractivity contribution < 1.29 is 17.6 Å². The molecule has 3 rings (SSSR count). The molecule has 2 aromatic rings. The molecular weight excluding hydrogens is 471 g/mol. The van der Waals surface area contributed by atoms with Gasteiger partial charge >= 0.3 is 0 Å². The summed E-state index contributed by atoms with van der Waals surface area (Å²) in [5.41, 5.74) is 0.754. The lowest BCUT2D eigenvalue weighted by atomic mass is 9.95. The Morgan fingerprint density at radius 2 is 1.70 bits per heavy atom. The Morgan fingerprint density at radius 1 is 1.10 bits per heavy atom. The number of benzene rings is 2. The Hall–Kier alpha value is -1.77. The first-order valence-corrected chi connectivity index (χ1v) is 12.3. The van der Waals surface area contributed by atoms with Crippen LogP contribution in [0.3, 0.4) is 0 Å². The van der Waals surface area contributed by atoms with Gasteiger partial charge in [0.2, 0.25) is 15.9 Å². The summed E-state index contributed by atoms with van der Waals surface area (Å²) in [5.74, 6) is -0.723. The summed E-state index contributed by atoms with van der Waals surface area (Å²) in [5, 5.41) is 2.84. The fourth-order valence-corrected chi connectivity index (χ4v) is 5.69. The molecule has 0 aromatic heterocycles. The van der Waals surface area contributed by atoms with Crippen LogP contribution in [0.5, 0.6) is 0 Å². The second kappa shape index (κ2) is 10.0. The second-order valence-electron chi connectivity index (χ2n) is 7.64. The molecule has 0 bridgehead atoms. The highest BCUT2D eigenvalue weighted by atomic mass is 79.9. The highest BCUT2D eigenvalue weighted by molar-refractivity contribution is 9.10. The Balaban J connectivity index is 1.79. The average Bonchev–Trinajstić information content (AvgIpc) is 2.73. The van der Waals surface area contributed by atoms with Crippen LogP contribution in [0, 0.1) is 5.82 Å². The molecule has 5 nitrogen and oxygen atoms in total. The van der Waals surface area contributed by atoms with Gasteiger partial charge in [0.1, 0.15) is 5.82 Å². The highest BCUT2D eigenvalue weighted by Gasteiger charge is 2.34. The van der Waals surface area contributed by atoms with Gasteiger partial charge in [0.05, 0.1) is 17.5 Å². The van der Waals surface area contributed by atoms with E-state index < -0.39 is 10.0 Å². The monoisotopic (exact) mass is 496 g/mol. The minimum atomic E-state index is -3.82. The van der Waals surface area contributed by atoms with Gasteiger partial charge in [-0.05, 0) is 61.7 Å². The average molecular weight is 497 g/mol. The van der Waals surface area contributed by atoms with E-state index in [2.05, 4.69) is 21.2 Å². The van der Waals surface area contributed by atoms with E-state index in [9.17, 15) is 17.6 Å². The molecule has 1 aliphatic carbocycles. The van der Waals surface area contributed by atoms with Crippen LogP contribution in [0.15, 0.2) is 57.9 Å². The van der Waals surface area contributed by atoms with Gasteiger partial charge in [-0.3, -0.25) is 4.79 Å². The van der Waals surface area contributed by atoms with E-state index in [0.29, 0.717) is 0 Å². The highest BCUT2D eigenvalue weighted by Crippen LogP contribution is 2.28.